The normalized spacial score (nSPS) is 22.6. The van der Waals surface area contributed by atoms with Gasteiger partial charge in [-0.15, -0.1) is 0 Å². The second-order valence-corrected chi connectivity index (χ2v) is 6.38. The Bertz CT molecular complexity index is 416. The molecule has 0 saturated carbocycles. The highest BCUT2D eigenvalue weighted by Crippen LogP contribution is 2.27. The molecule has 1 aliphatic rings. The van der Waals surface area contributed by atoms with E-state index in [1.165, 1.54) is 24.9 Å². The Hall–Kier alpha value is -1.22. The Kier molecular flexibility index (Phi) is 5.92. The van der Waals surface area contributed by atoms with Gasteiger partial charge < -0.3 is 15.0 Å². The average molecular weight is 290 g/mol. The van der Waals surface area contributed by atoms with Gasteiger partial charge in [0.2, 0.25) is 0 Å². The van der Waals surface area contributed by atoms with Crippen LogP contribution in [0.1, 0.15) is 47.0 Å². The molecule has 3 heteroatoms. The lowest BCUT2D eigenvalue weighted by Gasteiger charge is -2.39. The third-order valence-corrected chi connectivity index (χ3v) is 4.10. The zero-order valence-corrected chi connectivity index (χ0v) is 13.9. The van der Waals surface area contributed by atoms with Crippen molar-refractivity contribution in [3.8, 4) is 5.75 Å². The highest BCUT2D eigenvalue weighted by atomic mass is 16.5. The third kappa shape index (κ3) is 4.63. The summed E-state index contributed by atoms with van der Waals surface area (Å²) in [5, 5.41) is 3.66. The van der Waals surface area contributed by atoms with Gasteiger partial charge in [-0.2, -0.15) is 0 Å². The van der Waals surface area contributed by atoms with Crippen molar-refractivity contribution >= 4 is 5.69 Å². The molecular weight excluding hydrogens is 260 g/mol. The van der Waals surface area contributed by atoms with Crippen LogP contribution in [0.4, 0.5) is 5.69 Å². The molecule has 1 aromatic rings. The van der Waals surface area contributed by atoms with Crippen molar-refractivity contribution in [2.75, 3.05) is 18.0 Å². The molecule has 1 heterocycles. The second kappa shape index (κ2) is 7.69. The average Bonchev–Trinajstić information content (AvgIpc) is 2.46. The molecule has 1 aliphatic heterocycles. The molecule has 2 atom stereocenters. The van der Waals surface area contributed by atoms with Crippen molar-refractivity contribution < 1.29 is 4.74 Å². The molecule has 2 unspecified atom stereocenters. The fraction of sp³-hybridized carbons (Fsp3) is 0.667. The van der Waals surface area contributed by atoms with E-state index in [1.54, 1.807) is 0 Å². The smallest absolute Gasteiger partial charge is 0.119 e. The predicted molar refractivity (Wildman–Crippen MR) is 90.3 cm³/mol. The Balaban J connectivity index is 1.93. The molecule has 0 spiro atoms. The molecule has 2 rings (SSSR count). The maximum atomic E-state index is 5.72. The predicted octanol–water partition coefficient (Wildman–Crippen LogP) is 3.83. The fourth-order valence-corrected chi connectivity index (χ4v) is 3.08. The SMILES string of the molecule is CCCNC1CCN(c2ccc(OC(C)C)cc2)C(C)C1. The van der Waals surface area contributed by atoms with Crippen LogP contribution in [0.2, 0.25) is 0 Å². The molecule has 1 N–H and O–H groups in total. The van der Waals surface area contributed by atoms with E-state index in [4.69, 9.17) is 4.74 Å². The molecule has 0 radical (unpaired) electrons. The maximum Gasteiger partial charge on any atom is 0.119 e. The van der Waals surface area contributed by atoms with E-state index in [0.29, 0.717) is 12.1 Å². The molecule has 0 aromatic heterocycles. The Morgan fingerprint density at radius 1 is 1.29 bits per heavy atom. The Morgan fingerprint density at radius 2 is 2.00 bits per heavy atom. The lowest BCUT2D eigenvalue weighted by atomic mass is 9.97. The lowest BCUT2D eigenvalue weighted by molar-refractivity contribution is 0.242. The van der Waals surface area contributed by atoms with Crippen molar-refractivity contribution in [3.05, 3.63) is 24.3 Å². The number of benzene rings is 1. The van der Waals surface area contributed by atoms with E-state index in [9.17, 15) is 0 Å². The van der Waals surface area contributed by atoms with Crippen LogP contribution in [0, 0.1) is 0 Å². The van der Waals surface area contributed by atoms with Crippen molar-refractivity contribution in [2.45, 2.75) is 65.1 Å². The molecular formula is C18H30N2O. The van der Waals surface area contributed by atoms with Crippen LogP contribution in [-0.2, 0) is 0 Å². The number of nitrogens with one attached hydrogen (secondary N) is 1. The number of hydrogen-bond donors (Lipinski definition) is 1. The van der Waals surface area contributed by atoms with E-state index in [0.717, 1.165) is 18.8 Å². The maximum absolute atomic E-state index is 5.72. The second-order valence-electron chi connectivity index (χ2n) is 6.38. The van der Waals surface area contributed by atoms with E-state index in [1.807, 2.05) is 0 Å². The first-order valence-electron chi connectivity index (χ1n) is 8.37. The van der Waals surface area contributed by atoms with E-state index in [2.05, 4.69) is 62.2 Å². The number of piperidine rings is 1. The summed E-state index contributed by atoms with van der Waals surface area (Å²) in [6, 6.07) is 9.82. The van der Waals surface area contributed by atoms with Crippen LogP contribution >= 0.6 is 0 Å². The summed E-state index contributed by atoms with van der Waals surface area (Å²) in [4.78, 5) is 2.52. The first-order chi connectivity index (χ1) is 10.1. The standard InChI is InChI=1S/C18H30N2O/c1-5-11-19-16-10-12-20(15(4)13-16)17-6-8-18(9-7-17)21-14(2)3/h6-9,14-16,19H,5,10-13H2,1-4H3. The molecule has 0 bridgehead atoms. The lowest BCUT2D eigenvalue weighted by Crippen LogP contribution is -2.47. The van der Waals surface area contributed by atoms with Gasteiger partial charge in [-0.3, -0.25) is 0 Å². The molecule has 21 heavy (non-hydrogen) atoms. The van der Waals surface area contributed by atoms with Crippen molar-refractivity contribution in [3.63, 3.8) is 0 Å². The molecule has 0 amide bonds. The minimum Gasteiger partial charge on any atom is -0.491 e. The Labute approximate surface area is 129 Å². The van der Waals surface area contributed by atoms with Crippen molar-refractivity contribution in [2.24, 2.45) is 0 Å². The van der Waals surface area contributed by atoms with Gasteiger partial charge in [0.25, 0.3) is 0 Å². The van der Waals surface area contributed by atoms with Crippen LogP contribution in [0.25, 0.3) is 0 Å². The Morgan fingerprint density at radius 3 is 2.57 bits per heavy atom. The molecule has 118 valence electrons. The minimum atomic E-state index is 0.232. The highest BCUT2D eigenvalue weighted by molar-refractivity contribution is 5.50. The molecule has 1 aromatic carbocycles. The van der Waals surface area contributed by atoms with Crippen LogP contribution in [-0.4, -0.2) is 31.3 Å². The van der Waals surface area contributed by atoms with Crippen LogP contribution < -0.4 is 15.0 Å². The van der Waals surface area contributed by atoms with Gasteiger partial charge in [0, 0.05) is 24.3 Å². The largest absolute Gasteiger partial charge is 0.491 e. The van der Waals surface area contributed by atoms with E-state index >= 15 is 0 Å². The minimum absolute atomic E-state index is 0.232. The molecule has 3 nitrogen and oxygen atoms in total. The van der Waals surface area contributed by atoms with Crippen LogP contribution in [0.3, 0.4) is 0 Å². The van der Waals surface area contributed by atoms with Crippen molar-refractivity contribution in [1.29, 1.82) is 0 Å². The summed E-state index contributed by atoms with van der Waals surface area (Å²) in [5.41, 5.74) is 1.31. The van der Waals surface area contributed by atoms with Crippen LogP contribution in [0.5, 0.6) is 5.75 Å². The van der Waals surface area contributed by atoms with Crippen molar-refractivity contribution in [1.82, 2.24) is 5.32 Å². The summed E-state index contributed by atoms with van der Waals surface area (Å²) in [6.07, 6.45) is 3.90. The zero-order chi connectivity index (χ0) is 15.2. The fourth-order valence-electron chi connectivity index (χ4n) is 3.08. The third-order valence-electron chi connectivity index (χ3n) is 4.10. The summed E-state index contributed by atoms with van der Waals surface area (Å²) in [6.45, 7) is 10.9. The molecule has 1 fully saturated rings. The number of anilines is 1. The summed E-state index contributed by atoms with van der Waals surface area (Å²) >= 11 is 0. The van der Waals surface area contributed by atoms with Gasteiger partial charge in [0.15, 0.2) is 0 Å². The summed E-state index contributed by atoms with van der Waals surface area (Å²) in [7, 11) is 0. The van der Waals surface area contributed by atoms with Gasteiger partial charge in [0.1, 0.15) is 5.75 Å². The van der Waals surface area contributed by atoms with Gasteiger partial charge in [0.05, 0.1) is 6.10 Å². The quantitative estimate of drug-likeness (QED) is 0.861. The van der Waals surface area contributed by atoms with Crippen LogP contribution in [0.15, 0.2) is 24.3 Å². The molecule has 1 saturated heterocycles. The summed E-state index contributed by atoms with van der Waals surface area (Å²) in [5.74, 6) is 0.959. The van der Waals surface area contributed by atoms with Gasteiger partial charge in [-0.1, -0.05) is 6.92 Å². The number of ether oxygens (including phenoxy) is 1. The first-order valence-corrected chi connectivity index (χ1v) is 8.37. The topological polar surface area (TPSA) is 24.5 Å². The van der Waals surface area contributed by atoms with Gasteiger partial charge in [-0.25, -0.2) is 0 Å². The van der Waals surface area contributed by atoms with Gasteiger partial charge >= 0.3 is 0 Å². The molecule has 0 aliphatic carbocycles. The zero-order valence-electron chi connectivity index (χ0n) is 13.9. The van der Waals surface area contributed by atoms with Gasteiger partial charge in [-0.05, 0) is 70.8 Å². The number of hydrogen-bond acceptors (Lipinski definition) is 3. The first kappa shape index (κ1) is 16.2. The number of nitrogens with zero attached hydrogens (tertiary/aromatic N) is 1. The monoisotopic (exact) mass is 290 g/mol. The highest BCUT2D eigenvalue weighted by Gasteiger charge is 2.25. The van der Waals surface area contributed by atoms with E-state index in [-0.39, 0.29) is 6.10 Å². The number of rotatable bonds is 6. The summed E-state index contributed by atoms with van der Waals surface area (Å²) < 4.78 is 5.72. The van der Waals surface area contributed by atoms with E-state index < -0.39 is 0 Å².